The molecule has 26 heavy (non-hydrogen) atoms. The van der Waals surface area contributed by atoms with Gasteiger partial charge in [-0.05, 0) is 77.7 Å². The van der Waals surface area contributed by atoms with Crippen LogP contribution in [0.2, 0.25) is 0 Å². The van der Waals surface area contributed by atoms with Crippen LogP contribution in [0.15, 0.2) is 39.7 Å². The van der Waals surface area contributed by atoms with Gasteiger partial charge in [0.1, 0.15) is 0 Å². The van der Waals surface area contributed by atoms with Crippen molar-refractivity contribution in [2.45, 2.75) is 25.7 Å². The quantitative estimate of drug-likeness (QED) is 0.569. The summed E-state index contributed by atoms with van der Waals surface area (Å²) in [6.45, 7) is 5.21. The summed E-state index contributed by atoms with van der Waals surface area (Å²) in [7, 11) is -3.96. The largest absolute Gasteiger partial charge is 0.454 e. The van der Waals surface area contributed by atoms with Crippen LogP contribution in [0.5, 0.6) is 0 Å². The lowest BCUT2D eigenvalue weighted by atomic mass is 9.98. The van der Waals surface area contributed by atoms with Crippen molar-refractivity contribution in [2.75, 3.05) is 6.61 Å². The Morgan fingerprint density at radius 1 is 1.00 bits per heavy atom. The van der Waals surface area contributed by atoms with Gasteiger partial charge in [0.05, 0.1) is 10.5 Å². The fraction of sp³-hybridized carbons (Fsp3) is 0.222. The van der Waals surface area contributed by atoms with Gasteiger partial charge in [0.2, 0.25) is 15.8 Å². The van der Waals surface area contributed by atoms with Crippen molar-refractivity contribution in [1.82, 2.24) is 0 Å². The average Bonchev–Trinajstić information content (AvgIpc) is 2.55. The second kappa shape index (κ2) is 7.69. The monoisotopic (exact) mass is 439 g/mol. The second-order valence-corrected chi connectivity index (χ2v) is 8.35. The molecular weight excluding hydrogens is 422 g/mol. The third-order valence-electron chi connectivity index (χ3n) is 3.96. The van der Waals surface area contributed by atoms with E-state index in [1.165, 1.54) is 12.1 Å². The molecule has 2 N–H and O–H groups in total. The molecule has 0 saturated carbocycles. The number of Topliss-reactive ketones (excluding diaryl/α,β-unsaturated/α-hetero) is 1. The van der Waals surface area contributed by atoms with Gasteiger partial charge in [-0.15, -0.1) is 0 Å². The number of primary sulfonamides is 1. The Labute approximate surface area is 160 Å². The van der Waals surface area contributed by atoms with Crippen LogP contribution in [-0.4, -0.2) is 26.8 Å². The third-order valence-corrected chi connectivity index (χ3v) is 5.56. The summed E-state index contributed by atoms with van der Waals surface area (Å²) in [5.74, 6) is -1.16. The number of sulfonamides is 1. The van der Waals surface area contributed by atoms with E-state index in [1.807, 2.05) is 26.8 Å². The molecule has 0 amide bonds. The number of aryl methyl sites for hydroxylation is 3. The van der Waals surface area contributed by atoms with Crippen molar-refractivity contribution >= 4 is 37.7 Å². The smallest absolute Gasteiger partial charge is 0.339 e. The fourth-order valence-corrected chi connectivity index (χ4v) is 3.33. The minimum absolute atomic E-state index is 0.0267. The van der Waals surface area contributed by atoms with Crippen molar-refractivity contribution in [3.63, 3.8) is 0 Å². The number of halogens is 1. The van der Waals surface area contributed by atoms with Gasteiger partial charge in [-0.3, -0.25) is 4.79 Å². The number of hydrogen-bond donors (Lipinski definition) is 1. The van der Waals surface area contributed by atoms with Crippen LogP contribution in [0.4, 0.5) is 0 Å². The van der Waals surface area contributed by atoms with Crippen molar-refractivity contribution in [2.24, 2.45) is 5.14 Å². The number of benzene rings is 2. The molecule has 0 aliphatic rings. The molecule has 2 aromatic carbocycles. The molecule has 0 spiro atoms. The Kier molecular flexibility index (Phi) is 6.00. The molecule has 0 radical (unpaired) electrons. The average molecular weight is 440 g/mol. The van der Waals surface area contributed by atoms with E-state index in [4.69, 9.17) is 9.88 Å². The molecular formula is C18H18BrNO5S. The molecule has 0 bridgehead atoms. The van der Waals surface area contributed by atoms with Crippen LogP contribution in [0.25, 0.3) is 0 Å². The Hall–Kier alpha value is -2.03. The van der Waals surface area contributed by atoms with Gasteiger partial charge in [0.25, 0.3) is 0 Å². The number of ether oxygens (including phenoxy) is 1. The zero-order chi connectivity index (χ0) is 19.6. The van der Waals surface area contributed by atoms with Crippen LogP contribution in [0, 0.1) is 20.8 Å². The highest BCUT2D eigenvalue weighted by molar-refractivity contribution is 9.10. The van der Waals surface area contributed by atoms with Crippen molar-refractivity contribution in [1.29, 1.82) is 0 Å². The maximum Gasteiger partial charge on any atom is 0.339 e. The number of nitrogens with two attached hydrogens (primary N) is 1. The Morgan fingerprint density at radius 2 is 1.62 bits per heavy atom. The molecule has 2 aromatic rings. The molecule has 0 aromatic heterocycles. The molecule has 6 nitrogen and oxygen atoms in total. The van der Waals surface area contributed by atoms with Gasteiger partial charge in [-0.25, -0.2) is 18.4 Å². The molecule has 2 rings (SSSR count). The predicted octanol–water partition coefficient (Wildman–Crippen LogP) is 3.06. The summed E-state index contributed by atoms with van der Waals surface area (Å²) in [5.41, 5.74) is 3.29. The first-order chi connectivity index (χ1) is 12.0. The summed E-state index contributed by atoms with van der Waals surface area (Å²) in [6.07, 6.45) is 0. The van der Waals surface area contributed by atoms with E-state index in [0.29, 0.717) is 10.0 Å². The highest BCUT2D eigenvalue weighted by Crippen LogP contribution is 2.22. The maximum atomic E-state index is 12.4. The summed E-state index contributed by atoms with van der Waals surface area (Å²) >= 11 is 3.16. The second-order valence-electron chi connectivity index (χ2n) is 5.94. The highest BCUT2D eigenvalue weighted by atomic mass is 79.9. The molecule has 0 heterocycles. The molecule has 138 valence electrons. The Morgan fingerprint density at radius 3 is 2.23 bits per heavy atom. The number of esters is 1. The molecule has 0 saturated heterocycles. The van der Waals surface area contributed by atoms with Gasteiger partial charge < -0.3 is 4.74 Å². The fourth-order valence-electron chi connectivity index (χ4n) is 2.39. The van der Waals surface area contributed by atoms with Crippen LogP contribution >= 0.6 is 15.9 Å². The van der Waals surface area contributed by atoms with Crippen molar-refractivity contribution in [3.8, 4) is 0 Å². The van der Waals surface area contributed by atoms with E-state index >= 15 is 0 Å². The van der Waals surface area contributed by atoms with Crippen LogP contribution in [0.3, 0.4) is 0 Å². The SMILES string of the molecule is Cc1cc(C)c(C(=O)COC(=O)c2cc(S(N)(=O)=O)ccc2Br)cc1C. The summed E-state index contributed by atoms with van der Waals surface area (Å²) in [6, 6.07) is 7.41. The molecule has 0 aliphatic heterocycles. The van der Waals surface area contributed by atoms with E-state index in [1.54, 1.807) is 6.07 Å². The summed E-state index contributed by atoms with van der Waals surface area (Å²) in [4.78, 5) is 24.4. The first-order valence-corrected chi connectivity index (χ1v) is 9.95. The number of ketones is 1. The Bertz CT molecular complexity index is 999. The molecule has 0 atom stereocenters. The van der Waals surface area contributed by atoms with Crippen LogP contribution < -0.4 is 5.14 Å². The number of hydrogen-bond acceptors (Lipinski definition) is 5. The van der Waals surface area contributed by atoms with E-state index in [9.17, 15) is 18.0 Å². The van der Waals surface area contributed by atoms with Crippen molar-refractivity contribution in [3.05, 3.63) is 62.6 Å². The lowest BCUT2D eigenvalue weighted by molar-refractivity contribution is 0.0473. The van der Waals surface area contributed by atoms with E-state index in [-0.39, 0.29) is 16.2 Å². The van der Waals surface area contributed by atoms with Gasteiger partial charge in [0.15, 0.2) is 6.61 Å². The van der Waals surface area contributed by atoms with Gasteiger partial charge in [-0.2, -0.15) is 0 Å². The lowest BCUT2D eigenvalue weighted by Crippen LogP contribution is -2.17. The molecule has 8 heteroatoms. The minimum Gasteiger partial charge on any atom is -0.454 e. The van der Waals surface area contributed by atoms with Crippen molar-refractivity contribution < 1.29 is 22.7 Å². The van der Waals surface area contributed by atoms with Gasteiger partial charge in [-0.1, -0.05) is 6.07 Å². The maximum absolute atomic E-state index is 12.4. The number of carbonyl (C=O) groups excluding carboxylic acids is 2. The van der Waals surface area contributed by atoms with Gasteiger partial charge in [0, 0.05) is 10.0 Å². The van der Waals surface area contributed by atoms with Gasteiger partial charge >= 0.3 is 5.97 Å². The number of carbonyl (C=O) groups is 2. The standard InChI is InChI=1S/C18H18BrNO5S/c1-10-6-12(3)14(7-11(10)2)17(21)9-25-18(22)15-8-13(26(20,23)24)4-5-16(15)19/h4-8H,9H2,1-3H3,(H2,20,23,24). The van der Waals surface area contributed by atoms with E-state index < -0.39 is 22.6 Å². The topological polar surface area (TPSA) is 104 Å². The molecule has 0 fully saturated rings. The van der Waals surface area contributed by atoms with E-state index in [2.05, 4.69) is 15.9 Å². The number of rotatable bonds is 5. The Balaban J connectivity index is 2.19. The lowest BCUT2D eigenvalue weighted by Gasteiger charge is -2.10. The normalized spacial score (nSPS) is 11.3. The van der Waals surface area contributed by atoms with Crippen LogP contribution in [0.1, 0.15) is 37.4 Å². The zero-order valence-electron chi connectivity index (χ0n) is 14.5. The van der Waals surface area contributed by atoms with Crippen LogP contribution in [-0.2, 0) is 14.8 Å². The molecule has 0 unspecified atom stereocenters. The van der Waals surface area contributed by atoms with E-state index in [0.717, 1.165) is 22.8 Å². The summed E-state index contributed by atoms with van der Waals surface area (Å²) in [5, 5.41) is 5.07. The first kappa shape index (κ1) is 20.3. The first-order valence-electron chi connectivity index (χ1n) is 7.61. The third kappa shape index (κ3) is 4.57. The predicted molar refractivity (Wildman–Crippen MR) is 101 cm³/mol. The summed E-state index contributed by atoms with van der Waals surface area (Å²) < 4.78 is 28.2. The zero-order valence-corrected chi connectivity index (χ0v) is 16.9. The highest BCUT2D eigenvalue weighted by Gasteiger charge is 2.19. The molecule has 0 aliphatic carbocycles. The minimum atomic E-state index is -3.96.